The Bertz CT molecular complexity index is 352. The van der Waals surface area contributed by atoms with Crippen LogP contribution in [0.15, 0.2) is 22.7 Å². The van der Waals surface area contributed by atoms with Gasteiger partial charge in [0.25, 0.3) is 5.91 Å². The van der Waals surface area contributed by atoms with E-state index < -0.39 is 5.91 Å². The molecule has 0 aromatic heterocycles. The van der Waals surface area contributed by atoms with Gasteiger partial charge in [-0.1, -0.05) is 15.9 Å². The van der Waals surface area contributed by atoms with Gasteiger partial charge in [0.05, 0.1) is 11.3 Å². The molecule has 2 amide bonds. The molecule has 0 atom stereocenters. The van der Waals surface area contributed by atoms with Crippen LogP contribution in [-0.4, -0.2) is 12.3 Å². The van der Waals surface area contributed by atoms with Gasteiger partial charge >= 0.3 is 0 Å². The molecular formula is C8H7BrN2O2. The molecule has 0 heterocycles. The fraction of sp³-hybridized carbons (Fsp3) is 0. The van der Waals surface area contributed by atoms with Gasteiger partial charge in [0, 0.05) is 4.47 Å². The first-order valence-corrected chi connectivity index (χ1v) is 4.24. The van der Waals surface area contributed by atoms with Gasteiger partial charge in [-0.2, -0.15) is 0 Å². The van der Waals surface area contributed by atoms with Crippen molar-refractivity contribution >= 4 is 33.9 Å². The quantitative estimate of drug-likeness (QED) is 0.780. The average Bonchev–Trinajstić information content (AvgIpc) is 2.08. The lowest BCUT2D eigenvalue weighted by Crippen LogP contribution is -2.13. The number of hydrogen-bond donors (Lipinski definition) is 2. The minimum Gasteiger partial charge on any atom is -0.366 e. The third kappa shape index (κ3) is 2.29. The molecule has 0 aliphatic carbocycles. The van der Waals surface area contributed by atoms with Crippen LogP contribution in [0.25, 0.3) is 0 Å². The zero-order valence-electron chi connectivity index (χ0n) is 6.58. The van der Waals surface area contributed by atoms with E-state index in [0.717, 1.165) is 4.47 Å². The van der Waals surface area contributed by atoms with Crippen LogP contribution in [0.3, 0.4) is 0 Å². The summed E-state index contributed by atoms with van der Waals surface area (Å²) in [5.74, 6) is -0.578. The van der Waals surface area contributed by atoms with Crippen molar-refractivity contribution in [2.45, 2.75) is 0 Å². The first-order valence-electron chi connectivity index (χ1n) is 3.44. The summed E-state index contributed by atoms with van der Waals surface area (Å²) in [7, 11) is 0. The van der Waals surface area contributed by atoms with E-state index >= 15 is 0 Å². The van der Waals surface area contributed by atoms with E-state index in [1.165, 1.54) is 0 Å². The Labute approximate surface area is 83.2 Å². The van der Waals surface area contributed by atoms with Crippen molar-refractivity contribution in [3.05, 3.63) is 28.2 Å². The molecule has 0 aliphatic rings. The van der Waals surface area contributed by atoms with Crippen molar-refractivity contribution in [2.24, 2.45) is 5.73 Å². The molecule has 5 heteroatoms. The van der Waals surface area contributed by atoms with Gasteiger partial charge in [-0.25, -0.2) is 0 Å². The lowest BCUT2D eigenvalue weighted by molar-refractivity contribution is -0.105. The lowest BCUT2D eigenvalue weighted by Gasteiger charge is -2.04. The smallest absolute Gasteiger partial charge is 0.250 e. The zero-order valence-corrected chi connectivity index (χ0v) is 8.17. The fourth-order valence-electron chi connectivity index (χ4n) is 0.910. The van der Waals surface area contributed by atoms with Crippen LogP contribution in [0, 0.1) is 0 Å². The molecule has 0 unspecified atom stereocenters. The van der Waals surface area contributed by atoms with Crippen LogP contribution < -0.4 is 11.1 Å². The van der Waals surface area contributed by atoms with Crippen molar-refractivity contribution in [3.8, 4) is 0 Å². The van der Waals surface area contributed by atoms with E-state index in [-0.39, 0.29) is 5.56 Å². The highest BCUT2D eigenvalue weighted by Crippen LogP contribution is 2.19. The highest BCUT2D eigenvalue weighted by Gasteiger charge is 2.07. The Balaban J connectivity index is 3.17. The molecular weight excluding hydrogens is 236 g/mol. The van der Waals surface area contributed by atoms with Crippen molar-refractivity contribution in [3.63, 3.8) is 0 Å². The molecule has 4 nitrogen and oxygen atoms in total. The van der Waals surface area contributed by atoms with E-state index in [4.69, 9.17) is 5.73 Å². The Morgan fingerprint density at radius 1 is 1.54 bits per heavy atom. The minimum absolute atomic E-state index is 0.279. The predicted octanol–water partition coefficient (Wildman–Crippen LogP) is 1.12. The maximum atomic E-state index is 10.9. The second kappa shape index (κ2) is 4.04. The number of carbonyl (C=O) groups is 2. The van der Waals surface area contributed by atoms with E-state index in [1.807, 2.05) is 0 Å². The maximum Gasteiger partial charge on any atom is 0.250 e. The van der Waals surface area contributed by atoms with Crippen molar-refractivity contribution in [1.82, 2.24) is 0 Å². The van der Waals surface area contributed by atoms with Gasteiger partial charge in [0.2, 0.25) is 6.41 Å². The van der Waals surface area contributed by atoms with Gasteiger partial charge in [-0.05, 0) is 18.2 Å². The van der Waals surface area contributed by atoms with Gasteiger partial charge in [0.15, 0.2) is 0 Å². The molecule has 1 aromatic carbocycles. The van der Waals surface area contributed by atoms with Gasteiger partial charge < -0.3 is 11.1 Å². The number of hydrogen-bond acceptors (Lipinski definition) is 2. The summed E-state index contributed by atoms with van der Waals surface area (Å²) < 4.78 is 0.734. The number of rotatable bonds is 3. The molecule has 0 spiro atoms. The van der Waals surface area contributed by atoms with Crippen molar-refractivity contribution in [1.29, 1.82) is 0 Å². The third-order valence-corrected chi connectivity index (χ3v) is 1.95. The molecule has 0 saturated carbocycles. The fourth-order valence-corrected chi connectivity index (χ4v) is 1.27. The Morgan fingerprint density at radius 3 is 2.77 bits per heavy atom. The standard InChI is InChI=1S/C8H7BrN2O2/c9-5-1-2-7(11-4-12)6(3-5)8(10)13/h1-4H,(H2,10,13)(H,11,12). The van der Waals surface area contributed by atoms with Crippen LogP contribution in [0.4, 0.5) is 5.69 Å². The minimum atomic E-state index is -0.578. The molecule has 0 saturated heterocycles. The molecule has 0 radical (unpaired) electrons. The van der Waals surface area contributed by atoms with E-state index in [9.17, 15) is 9.59 Å². The number of anilines is 1. The van der Waals surface area contributed by atoms with Gasteiger partial charge in [-0.3, -0.25) is 9.59 Å². The van der Waals surface area contributed by atoms with Crippen molar-refractivity contribution < 1.29 is 9.59 Å². The summed E-state index contributed by atoms with van der Waals surface area (Å²) in [5.41, 5.74) is 5.79. The van der Waals surface area contributed by atoms with Crippen molar-refractivity contribution in [2.75, 3.05) is 5.32 Å². The Hall–Kier alpha value is -1.36. The summed E-state index contributed by atoms with van der Waals surface area (Å²) in [5, 5.41) is 2.38. The van der Waals surface area contributed by atoms with Crippen LogP contribution in [0.1, 0.15) is 10.4 Å². The van der Waals surface area contributed by atoms with Crippen LogP contribution in [0.5, 0.6) is 0 Å². The molecule has 1 aromatic rings. The molecule has 1 rings (SSSR count). The maximum absolute atomic E-state index is 10.9. The molecule has 3 N–H and O–H groups in total. The monoisotopic (exact) mass is 242 g/mol. The third-order valence-electron chi connectivity index (χ3n) is 1.46. The van der Waals surface area contributed by atoms with E-state index in [2.05, 4.69) is 21.2 Å². The first kappa shape index (κ1) is 9.73. The normalized spacial score (nSPS) is 9.31. The molecule has 68 valence electrons. The molecule has 0 aliphatic heterocycles. The summed E-state index contributed by atoms with van der Waals surface area (Å²) in [6.07, 6.45) is 0.496. The van der Waals surface area contributed by atoms with Gasteiger partial charge in [-0.15, -0.1) is 0 Å². The highest BCUT2D eigenvalue weighted by atomic mass is 79.9. The number of amides is 2. The van der Waals surface area contributed by atoms with E-state index in [0.29, 0.717) is 12.1 Å². The SMILES string of the molecule is NC(=O)c1cc(Br)ccc1NC=O. The lowest BCUT2D eigenvalue weighted by atomic mass is 10.2. The summed E-state index contributed by atoms with van der Waals surface area (Å²) >= 11 is 3.19. The summed E-state index contributed by atoms with van der Waals surface area (Å²) in [6, 6.07) is 4.85. The summed E-state index contributed by atoms with van der Waals surface area (Å²) in [6.45, 7) is 0. The first-order chi connectivity index (χ1) is 6.15. The highest BCUT2D eigenvalue weighted by molar-refractivity contribution is 9.10. The van der Waals surface area contributed by atoms with Gasteiger partial charge in [0.1, 0.15) is 0 Å². The molecule has 0 fully saturated rings. The number of nitrogens with two attached hydrogens (primary N) is 1. The largest absolute Gasteiger partial charge is 0.366 e. The zero-order chi connectivity index (χ0) is 9.84. The number of carbonyl (C=O) groups excluding carboxylic acids is 2. The Kier molecular flexibility index (Phi) is 3.02. The Morgan fingerprint density at radius 2 is 2.23 bits per heavy atom. The predicted molar refractivity (Wildman–Crippen MR) is 52.3 cm³/mol. The second-order valence-corrected chi connectivity index (χ2v) is 3.23. The number of benzene rings is 1. The number of primary amides is 1. The average molecular weight is 243 g/mol. The second-order valence-electron chi connectivity index (χ2n) is 2.32. The van der Waals surface area contributed by atoms with E-state index in [1.54, 1.807) is 18.2 Å². The molecule has 13 heavy (non-hydrogen) atoms. The number of nitrogens with one attached hydrogen (secondary N) is 1. The number of halogens is 1. The topological polar surface area (TPSA) is 72.2 Å². The van der Waals surface area contributed by atoms with Crippen LogP contribution in [-0.2, 0) is 4.79 Å². The summed E-state index contributed by atoms with van der Waals surface area (Å²) in [4.78, 5) is 21.1. The van der Waals surface area contributed by atoms with Crippen LogP contribution >= 0.6 is 15.9 Å². The molecule has 0 bridgehead atoms. The van der Waals surface area contributed by atoms with Crippen LogP contribution in [0.2, 0.25) is 0 Å².